The summed E-state index contributed by atoms with van der Waals surface area (Å²) in [4.78, 5) is 9.26. The Balaban J connectivity index is 1.13. The molecule has 6 rings (SSSR count). The molecule has 5 aromatic rings. The van der Waals surface area contributed by atoms with Crippen LogP contribution < -0.4 is 10.1 Å². The number of imidazole rings is 1. The highest BCUT2D eigenvalue weighted by Gasteiger charge is 2.24. The third-order valence-electron chi connectivity index (χ3n) is 7.59. The molecule has 45 heavy (non-hydrogen) atoms. The van der Waals surface area contributed by atoms with Gasteiger partial charge in [0.1, 0.15) is 29.9 Å². The number of benzene rings is 2. The van der Waals surface area contributed by atoms with Crippen LogP contribution in [0, 0.1) is 6.92 Å². The summed E-state index contributed by atoms with van der Waals surface area (Å²) in [6, 6.07) is 22.4. The summed E-state index contributed by atoms with van der Waals surface area (Å²) >= 11 is 0. The second-order valence-electron chi connectivity index (χ2n) is 10.9. The lowest BCUT2D eigenvalue weighted by molar-refractivity contribution is -0.198. The Labute approximate surface area is 263 Å². The molecule has 2 atom stereocenters. The largest absolute Gasteiger partial charge is 0.489 e. The predicted molar refractivity (Wildman–Crippen MR) is 172 cm³/mol. The molecule has 10 nitrogen and oxygen atoms in total. The number of aromatic nitrogens is 3. The smallest absolute Gasteiger partial charge is 0.297 e. The van der Waals surface area contributed by atoms with Gasteiger partial charge in [-0.05, 0) is 68.1 Å². The van der Waals surface area contributed by atoms with Crippen molar-refractivity contribution in [1.82, 2.24) is 14.4 Å². The molecule has 0 radical (unpaired) electrons. The maximum Gasteiger partial charge on any atom is 0.297 e. The Morgan fingerprint density at radius 2 is 1.71 bits per heavy atom. The SMILES string of the molecule is CNc1ccc(-c2ccc(-c3cn4cc(OCC(COS(=O)(=O)c5ccc(C)cc5)OC5CCCCO5)ccc4n3)cc2)cn1. The molecule has 0 aliphatic carbocycles. The number of hydrogen-bond donors (Lipinski definition) is 1. The summed E-state index contributed by atoms with van der Waals surface area (Å²) in [5.74, 6) is 1.41. The van der Waals surface area contributed by atoms with Crippen LogP contribution in [-0.2, 0) is 23.8 Å². The van der Waals surface area contributed by atoms with Crippen molar-refractivity contribution in [2.45, 2.75) is 43.5 Å². The van der Waals surface area contributed by atoms with Gasteiger partial charge in [0.15, 0.2) is 6.29 Å². The Hall–Kier alpha value is -4.29. The lowest BCUT2D eigenvalue weighted by atomic mass is 10.0. The first-order valence-corrected chi connectivity index (χ1v) is 16.4. The number of nitrogens with one attached hydrogen (secondary N) is 1. The zero-order valence-corrected chi connectivity index (χ0v) is 26.1. The molecule has 1 fully saturated rings. The van der Waals surface area contributed by atoms with Crippen LogP contribution in [0.4, 0.5) is 5.82 Å². The van der Waals surface area contributed by atoms with Gasteiger partial charge in [-0.3, -0.25) is 4.18 Å². The lowest BCUT2D eigenvalue weighted by Gasteiger charge is -2.27. The van der Waals surface area contributed by atoms with Gasteiger partial charge in [-0.2, -0.15) is 8.42 Å². The topological polar surface area (TPSA) is 113 Å². The minimum absolute atomic E-state index is 0.0714. The number of pyridine rings is 2. The molecule has 4 heterocycles. The Morgan fingerprint density at radius 3 is 2.42 bits per heavy atom. The van der Waals surface area contributed by atoms with Crippen LogP contribution in [-0.4, -0.2) is 62.0 Å². The van der Waals surface area contributed by atoms with Gasteiger partial charge in [0, 0.05) is 37.2 Å². The van der Waals surface area contributed by atoms with Crippen molar-refractivity contribution in [2.75, 3.05) is 32.2 Å². The minimum Gasteiger partial charge on any atom is -0.489 e. The van der Waals surface area contributed by atoms with E-state index in [1.165, 1.54) is 12.1 Å². The summed E-state index contributed by atoms with van der Waals surface area (Å²) in [6.45, 7) is 2.36. The van der Waals surface area contributed by atoms with E-state index in [0.29, 0.717) is 12.4 Å². The van der Waals surface area contributed by atoms with Crippen LogP contribution >= 0.6 is 0 Å². The first kappa shape index (κ1) is 30.7. The number of nitrogens with zero attached hydrogens (tertiary/aromatic N) is 3. The highest BCUT2D eigenvalue weighted by molar-refractivity contribution is 7.86. The van der Waals surface area contributed by atoms with E-state index in [1.807, 2.05) is 73.4 Å². The third kappa shape index (κ3) is 7.69. The van der Waals surface area contributed by atoms with Gasteiger partial charge in [0.25, 0.3) is 10.1 Å². The second kappa shape index (κ2) is 13.8. The average molecular weight is 629 g/mol. The number of anilines is 1. The molecule has 1 saturated heterocycles. The van der Waals surface area contributed by atoms with Crippen LogP contribution in [0.15, 0.2) is 96.3 Å². The maximum atomic E-state index is 12.8. The quantitative estimate of drug-likeness (QED) is 0.164. The van der Waals surface area contributed by atoms with Crippen molar-refractivity contribution in [2.24, 2.45) is 0 Å². The molecule has 3 aromatic heterocycles. The van der Waals surface area contributed by atoms with E-state index < -0.39 is 22.5 Å². The van der Waals surface area contributed by atoms with Crippen molar-refractivity contribution in [3.63, 3.8) is 0 Å². The Kier molecular flexibility index (Phi) is 9.41. The molecule has 1 N–H and O–H groups in total. The normalized spacial score (nSPS) is 16.0. The van der Waals surface area contributed by atoms with Gasteiger partial charge in [0.2, 0.25) is 0 Å². The fraction of sp³-hybridized carbons (Fsp3) is 0.294. The average Bonchev–Trinajstić information content (AvgIpc) is 3.50. The van der Waals surface area contributed by atoms with E-state index >= 15 is 0 Å². The molecule has 0 saturated carbocycles. The first-order valence-electron chi connectivity index (χ1n) is 15.0. The first-order chi connectivity index (χ1) is 21.9. The summed E-state index contributed by atoms with van der Waals surface area (Å²) in [5.41, 5.74) is 5.64. The molecule has 1 aliphatic heterocycles. The molecule has 1 aliphatic rings. The van der Waals surface area contributed by atoms with Gasteiger partial charge < -0.3 is 23.9 Å². The molecular weight excluding hydrogens is 592 g/mol. The van der Waals surface area contributed by atoms with Gasteiger partial charge >= 0.3 is 0 Å². The van der Waals surface area contributed by atoms with Crippen molar-refractivity contribution in [1.29, 1.82) is 0 Å². The van der Waals surface area contributed by atoms with Gasteiger partial charge in [0.05, 0.1) is 23.4 Å². The standard InChI is InChI=1S/C34H36N4O6S/c1-24-6-14-30(15-7-24)45(39,40)43-23-29(44-34-5-3-4-18-41-34)22-42-28-13-17-33-37-31(21-38(33)20-28)26-10-8-25(9-11-26)27-12-16-32(35-2)36-19-27/h6-17,19-21,29,34H,3-5,18,22-23H2,1-2H3,(H,35,36). The lowest BCUT2D eigenvalue weighted by Crippen LogP contribution is -2.35. The highest BCUT2D eigenvalue weighted by atomic mass is 32.2. The molecule has 2 unspecified atom stereocenters. The predicted octanol–water partition coefficient (Wildman–Crippen LogP) is 6.11. The summed E-state index contributed by atoms with van der Waals surface area (Å²) in [5, 5.41) is 3.03. The van der Waals surface area contributed by atoms with Crippen molar-refractivity contribution >= 4 is 21.6 Å². The number of ether oxygens (including phenoxy) is 3. The van der Waals surface area contributed by atoms with E-state index in [0.717, 1.165) is 58.7 Å². The van der Waals surface area contributed by atoms with Gasteiger partial charge in [-0.15, -0.1) is 0 Å². The Morgan fingerprint density at radius 1 is 0.933 bits per heavy atom. The van der Waals surface area contributed by atoms with Crippen LogP contribution in [0.1, 0.15) is 24.8 Å². The van der Waals surface area contributed by atoms with E-state index in [2.05, 4.69) is 22.4 Å². The molecule has 11 heteroatoms. The van der Waals surface area contributed by atoms with E-state index in [1.54, 1.807) is 12.1 Å². The van der Waals surface area contributed by atoms with Gasteiger partial charge in [-0.1, -0.05) is 42.0 Å². The van der Waals surface area contributed by atoms with Crippen LogP contribution in [0.3, 0.4) is 0 Å². The summed E-state index contributed by atoms with van der Waals surface area (Å²) in [6.07, 6.45) is 7.20. The van der Waals surface area contributed by atoms with E-state index in [9.17, 15) is 8.42 Å². The van der Waals surface area contributed by atoms with E-state index in [4.69, 9.17) is 23.4 Å². The molecular formula is C34H36N4O6S. The second-order valence-corrected chi connectivity index (χ2v) is 12.5. The van der Waals surface area contributed by atoms with Crippen molar-refractivity contribution in [3.05, 3.63) is 97.0 Å². The highest BCUT2D eigenvalue weighted by Crippen LogP contribution is 2.26. The minimum atomic E-state index is -3.96. The van der Waals surface area contributed by atoms with E-state index in [-0.39, 0.29) is 18.1 Å². The zero-order chi connectivity index (χ0) is 31.2. The number of hydrogen-bond acceptors (Lipinski definition) is 9. The monoisotopic (exact) mass is 628 g/mol. The van der Waals surface area contributed by atoms with Crippen LogP contribution in [0.2, 0.25) is 0 Å². The number of fused-ring (bicyclic) bond motifs is 1. The fourth-order valence-corrected chi connectivity index (χ4v) is 5.97. The van der Waals surface area contributed by atoms with Crippen LogP contribution in [0.5, 0.6) is 5.75 Å². The zero-order valence-electron chi connectivity index (χ0n) is 25.3. The maximum absolute atomic E-state index is 12.8. The molecule has 0 bridgehead atoms. The molecule has 2 aromatic carbocycles. The molecule has 234 valence electrons. The number of rotatable bonds is 12. The molecule has 0 spiro atoms. The van der Waals surface area contributed by atoms with Crippen molar-refractivity contribution < 1.29 is 26.8 Å². The van der Waals surface area contributed by atoms with Crippen molar-refractivity contribution in [3.8, 4) is 28.1 Å². The third-order valence-corrected chi connectivity index (χ3v) is 8.89. The number of aryl methyl sites for hydroxylation is 1. The Bertz CT molecular complexity index is 1820. The van der Waals surface area contributed by atoms with Gasteiger partial charge in [-0.25, -0.2) is 9.97 Å². The summed E-state index contributed by atoms with van der Waals surface area (Å²) < 4.78 is 50.9. The fourth-order valence-electron chi connectivity index (χ4n) is 5.03. The molecule has 0 amide bonds. The van der Waals surface area contributed by atoms with Crippen LogP contribution in [0.25, 0.3) is 28.0 Å². The summed E-state index contributed by atoms with van der Waals surface area (Å²) in [7, 11) is -2.12.